The number of hydrogen-bond donors (Lipinski definition) is 1. The fraction of sp³-hybridized carbons (Fsp3) is 0.379. The lowest BCUT2D eigenvalue weighted by Crippen LogP contribution is -2.58. The van der Waals surface area contributed by atoms with Crippen LogP contribution in [0, 0.1) is 0 Å². The molecule has 0 aliphatic carbocycles. The van der Waals surface area contributed by atoms with E-state index in [1.165, 1.54) is 4.90 Å². The van der Waals surface area contributed by atoms with Gasteiger partial charge in [0, 0.05) is 44.2 Å². The van der Waals surface area contributed by atoms with Gasteiger partial charge in [-0.2, -0.15) is 0 Å². The van der Waals surface area contributed by atoms with Crippen LogP contribution in [0.5, 0.6) is 17.2 Å². The van der Waals surface area contributed by atoms with Crippen LogP contribution in [0.15, 0.2) is 61.2 Å². The number of nitrogens with one attached hydrogen (secondary N) is 1. The first kappa shape index (κ1) is 27.2. The van der Waals surface area contributed by atoms with Crippen LogP contribution in [-0.2, 0) is 27.5 Å². The maximum absolute atomic E-state index is 13.3. The van der Waals surface area contributed by atoms with E-state index in [0.29, 0.717) is 55.5 Å². The molecular weight excluding hydrogens is 514 g/mol. The fourth-order valence-corrected chi connectivity index (χ4v) is 4.93. The number of carbonyl (C=O) groups is 3. The van der Waals surface area contributed by atoms with Gasteiger partial charge in [0.1, 0.15) is 23.8 Å². The van der Waals surface area contributed by atoms with E-state index < -0.39 is 6.04 Å². The number of imidazole rings is 1. The number of rotatable bonds is 4. The molecule has 1 aromatic heterocycles. The average Bonchev–Trinajstić information content (AvgIpc) is 3.44. The number of nitrogens with zero attached hydrogens (tertiary/aromatic N) is 4. The summed E-state index contributed by atoms with van der Waals surface area (Å²) in [5.74, 6) is 0.775. The van der Waals surface area contributed by atoms with Crippen LogP contribution >= 0.6 is 0 Å². The normalized spacial score (nSPS) is 19.9. The van der Waals surface area contributed by atoms with Crippen molar-refractivity contribution in [2.75, 3.05) is 33.3 Å². The largest absolute Gasteiger partial charge is 0.494 e. The molecule has 210 valence electrons. The number of fused-ring (bicyclic) bond motifs is 5. The van der Waals surface area contributed by atoms with E-state index in [-0.39, 0.29) is 36.9 Å². The number of ether oxygens (including phenoxy) is 3. The quantitative estimate of drug-likeness (QED) is 0.534. The summed E-state index contributed by atoms with van der Waals surface area (Å²) < 4.78 is 19.8. The van der Waals surface area contributed by atoms with E-state index in [1.54, 1.807) is 53.4 Å². The first-order valence-electron chi connectivity index (χ1n) is 13.3. The SMILES string of the molecule is CCOc1cc2cc(c1)C(=O)N(C)CC(=O)N[C@H]1CN(C(=O)Cn3ccnc3)CC[C@H]1OCc1cccc(c1)O2. The Morgan fingerprint density at radius 2 is 2.05 bits per heavy atom. The molecule has 3 aromatic rings. The average molecular weight is 548 g/mol. The minimum absolute atomic E-state index is 0.0695. The van der Waals surface area contributed by atoms with Crippen LogP contribution in [0.25, 0.3) is 0 Å². The standard InChI is InChI=1S/C29H33N5O6/c1-3-38-23-12-21-13-24(14-23)40-22-6-4-5-20(11-22)18-39-26-7-9-34(28(36)17-33-10-8-30-19-33)15-25(26)31-27(35)16-32(2)29(21)37/h4-6,8,10-14,19,25-26H,3,7,9,15-18H2,1-2H3,(H,31,35)/t25-,26+/m0/s1. The molecule has 2 aliphatic rings. The minimum Gasteiger partial charge on any atom is -0.494 e. The van der Waals surface area contributed by atoms with Gasteiger partial charge in [-0.05, 0) is 43.2 Å². The lowest BCUT2D eigenvalue weighted by Gasteiger charge is -2.39. The Labute approximate surface area is 232 Å². The summed E-state index contributed by atoms with van der Waals surface area (Å²) in [4.78, 5) is 46.5. The Morgan fingerprint density at radius 3 is 2.85 bits per heavy atom. The monoisotopic (exact) mass is 547 g/mol. The molecule has 0 unspecified atom stereocenters. The van der Waals surface area contributed by atoms with E-state index in [2.05, 4.69) is 10.3 Å². The summed E-state index contributed by atoms with van der Waals surface area (Å²) in [6, 6.07) is 12.1. The lowest BCUT2D eigenvalue weighted by atomic mass is 10.0. The molecule has 2 atom stereocenters. The van der Waals surface area contributed by atoms with Crippen LogP contribution in [0.3, 0.4) is 0 Å². The molecule has 3 heterocycles. The number of hydrogen-bond acceptors (Lipinski definition) is 7. The minimum atomic E-state index is -0.447. The summed E-state index contributed by atoms with van der Waals surface area (Å²) in [6.07, 6.45) is 5.19. The Balaban J connectivity index is 1.40. The van der Waals surface area contributed by atoms with Crippen molar-refractivity contribution in [3.8, 4) is 17.2 Å². The smallest absolute Gasteiger partial charge is 0.254 e. The number of likely N-dealkylation sites (tertiary alicyclic amines) is 1. The Kier molecular flexibility index (Phi) is 8.30. The molecule has 4 bridgehead atoms. The van der Waals surface area contributed by atoms with Gasteiger partial charge in [-0.15, -0.1) is 0 Å². The maximum Gasteiger partial charge on any atom is 0.254 e. The highest BCUT2D eigenvalue weighted by atomic mass is 16.5. The van der Waals surface area contributed by atoms with Gasteiger partial charge in [0.2, 0.25) is 11.8 Å². The van der Waals surface area contributed by atoms with Crippen LogP contribution in [0.2, 0.25) is 0 Å². The predicted molar refractivity (Wildman–Crippen MR) is 145 cm³/mol. The number of amides is 3. The van der Waals surface area contributed by atoms with Crippen molar-refractivity contribution in [1.82, 2.24) is 24.7 Å². The van der Waals surface area contributed by atoms with Crippen molar-refractivity contribution in [3.05, 3.63) is 72.3 Å². The Bertz CT molecular complexity index is 1360. The molecule has 40 heavy (non-hydrogen) atoms. The second kappa shape index (κ2) is 12.2. The third kappa shape index (κ3) is 6.60. The van der Waals surface area contributed by atoms with Crippen molar-refractivity contribution in [2.24, 2.45) is 0 Å². The number of benzene rings is 2. The predicted octanol–water partition coefficient (Wildman–Crippen LogP) is 2.46. The second-order valence-electron chi connectivity index (χ2n) is 9.92. The molecule has 11 nitrogen and oxygen atoms in total. The first-order valence-corrected chi connectivity index (χ1v) is 13.3. The first-order chi connectivity index (χ1) is 19.4. The third-order valence-corrected chi connectivity index (χ3v) is 6.89. The Morgan fingerprint density at radius 1 is 1.18 bits per heavy atom. The van der Waals surface area contributed by atoms with Crippen molar-refractivity contribution >= 4 is 17.7 Å². The Hall–Kier alpha value is -4.38. The van der Waals surface area contributed by atoms with Gasteiger partial charge in [0.15, 0.2) is 0 Å². The molecule has 0 radical (unpaired) electrons. The molecule has 0 saturated carbocycles. The van der Waals surface area contributed by atoms with Gasteiger partial charge in [0.25, 0.3) is 5.91 Å². The summed E-state index contributed by atoms with van der Waals surface area (Å²) >= 11 is 0. The van der Waals surface area contributed by atoms with E-state index in [4.69, 9.17) is 14.2 Å². The molecule has 11 heteroatoms. The van der Waals surface area contributed by atoms with Crippen molar-refractivity contribution in [2.45, 2.75) is 38.6 Å². The number of likely N-dealkylation sites (N-methyl/N-ethyl adjacent to an activating group) is 1. The molecule has 3 amide bonds. The van der Waals surface area contributed by atoms with Crippen LogP contribution in [0.1, 0.15) is 29.3 Å². The molecule has 0 spiro atoms. The summed E-state index contributed by atoms with van der Waals surface area (Å²) in [6.45, 7) is 3.39. The van der Waals surface area contributed by atoms with Crippen LogP contribution in [0.4, 0.5) is 0 Å². The lowest BCUT2D eigenvalue weighted by molar-refractivity contribution is -0.138. The van der Waals surface area contributed by atoms with Gasteiger partial charge in [-0.25, -0.2) is 4.98 Å². The van der Waals surface area contributed by atoms with Crippen molar-refractivity contribution in [1.29, 1.82) is 0 Å². The zero-order valence-corrected chi connectivity index (χ0v) is 22.6. The molecular formula is C29H33N5O6. The second-order valence-corrected chi connectivity index (χ2v) is 9.92. The molecule has 1 N–H and O–H groups in total. The zero-order valence-electron chi connectivity index (χ0n) is 22.6. The van der Waals surface area contributed by atoms with Gasteiger partial charge in [-0.1, -0.05) is 12.1 Å². The number of aromatic nitrogens is 2. The molecule has 2 aliphatic heterocycles. The van der Waals surface area contributed by atoms with Gasteiger partial charge >= 0.3 is 0 Å². The summed E-state index contributed by atoms with van der Waals surface area (Å²) in [5.41, 5.74) is 1.24. The van der Waals surface area contributed by atoms with Gasteiger partial charge in [-0.3, -0.25) is 14.4 Å². The number of piperidine rings is 1. The highest BCUT2D eigenvalue weighted by molar-refractivity contribution is 5.97. The summed E-state index contributed by atoms with van der Waals surface area (Å²) in [5, 5.41) is 3.02. The van der Waals surface area contributed by atoms with E-state index in [0.717, 1.165) is 5.56 Å². The maximum atomic E-state index is 13.3. The third-order valence-electron chi connectivity index (χ3n) is 6.89. The molecule has 1 saturated heterocycles. The highest BCUT2D eigenvalue weighted by Crippen LogP contribution is 2.29. The fourth-order valence-electron chi connectivity index (χ4n) is 4.93. The van der Waals surface area contributed by atoms with Crippen molar-refractivity contribution in [3.63, 3.8) is 0 Å². The van der Waals surface area contributed by atoms with E-state index in [9.17, 15) is 14.4 Å². The van der Waals surface area contributed by atoms with Gasteiger partial charge in [0.05, 0.1) is 38.2 Å². The molecule has 2 aromatic carbocycles. The van der Waals surface area contributed by atoms with Crippen LogP contribution < -0.4 is 14.8 Å². The highest BCUT2D eigenvalue weighted by Gasteiger charge is 2.34. The van der Waals surface area contributed by atoms with Crippen LogP contribution in [-0.4, -0.2) is 82.5 Å². The van der Waals surface area contributed by atoms with Gasteiger partial charge < -0.3 is 33.9 Å². The van der Waals surface area contributed by atoms with E-state index in [1.807, 2.05) is 31.2 Å². The number of carbonyl (C=O) groups excluding carboxylic acids is 3. The molecule has 1 fully saturated rings. The van der Waals surface area contributed by atoms with E-state index >= 15 is 0 Å². The molecule has 5 rings (SSSR count). The zero-order chi connectivity index (χ0) is 28.1. The summed E-state index contributed by atoms with van der Waals surface area (Å²) in [7, 11) is 1.57. The topological polar surface area (TPSA) is 115 Å². The van der Waals surface area contributed by atoms with Crippen molar-refractivity contribution < 1.29 is 28.6 Å².